The summed E-state index contributed by atoms with van der Waals surface area (Å²) < 4.78 is 1.50. The Bertz CT molecular complexity index is 1080. The SMILES string of the molecule is CC(=O)Nc1cccc(C(=O)Nc2ccc3ccn(C)c(=O)c3c2)c1C. The van der Waals surface area contributed by atoms with E-state index < -0.39 is 0 Å². The Labute approximate surface area is 150 Å². The average molecular weight is 349 g/mol. The van der Waals surface area contributed by atoms with Crippen molar-refractivity contribution in [2.24, 2.45) is 7.05 Å². The van der Waals surface area contributed by atoms with Gasteiger partial charge < -0.3 is 15.2 Å². The zero-order valence-corrected chi connectivity index (χ0v) is 14.8. The van der Waals surface area contributed by atoms with Crippen LogP contribution in [0.25, 0.3) is 10.8 Å². The molecule has 0 saturated carbocycles. The van der Waals surface area contributed by atoms with Gasteiger partial charge in [-0.25, -0.2) is 0 Å². The molecule has 0 saturated heterocycles. The van der Waals surface area contributed by atoms with Crippen LogP contribution < -0.4 is 16.2 Å². The van der Waals surface area contributed by atoms with E-state index in [9.17, 15) is 14.4 Å². The van der Waals surface area contributed by atoms with Crippen LogP contribution in [0.15, 0.2) is 53.5 Å². The third-order valence-corrected chi connectivity index (χ3v) is 4.23. The van der Waals surface area contributed by atoms with E-state index in [-0.39, 0.29) is 17.4 Å². The molecule has 0 aliphatic carbocycles. The molecule has 6 heteroatoms. The summed E-state index contributed by atoms with van der Waals surface area (Å²) in [6.07, 6.45) is 1.71. The van der Waals surface area contributed by atoms with Gasteiger partial charge in [0.25, 0.3) is 11.5 Å². The molecule has 3 rings (SSSR count). The van der Waals surface area contributed by atoms with Crippen LogP contribution in [0, 0.1) is 6.92 Å². The first-order chi connectivity index (χ1) is 12.4. The molecule has 0 spiro atoms. The first-order valence-corrected chi connectivity index (χ1v) is 8.15. The van der Waals surface area contributed by atoms with E-state index in [4.69, 9.17) is 0 Å². The van der Waals surface area contributed by atoms with Gasteiger partial charge in [-0.05, 0) is 48.2 Å². The van der Waals surface area contributed by atoms with Gasteiger partial charge in [0.05, 0.1) is 0 Å². The van der Waals surface area contributed by atoms with Crippen molar-refractivity contribution in [2.75, 3.05) is 10.6 Å². The van der Waals surface area contributed by atoms with Crippen LogP contribution >= 0.6 is 0 Å². The summed E-state index contributed by atoms with van der Waals surface area (Å²) in [4.78, 5) is 36.2. The van der Waals surface area contributed by atoms with E-state index in [1.54, 1.807) is 56.6 Å². The number of aryl methyl sites for hydroxylation is 1. The fourth-order valence-corrected chi connectivity index (χ4v) is 2.82. The molecule has 2 aromatic carbocycles. The topological polar surface area (TPSA) is 80.2 Å². The fourth-order valence-electron chi connectivity index (χ4n) is 2.82. The molecular formula is C20H19N3O3. The highest BCUT2D eigenvalue weighted by atomic mass is 16.2. The zero-order chi connectivity index (χ0) is 18.8. The van der Waals surface area contributed by atoms with E-state index in [2.05, 4.69) is 10.6 Å². The number of hydrogen-bond donors (Lipinski definition) is 2. The van der Waals surface area contributed by atoms with Gasteiger partial charge in [0.15, 0.2) is 0 Å². The quantitative estimate of drug-likeness (QED) is 0.763. The summed E-state index contributed by atoms with van der Waals surface area (Å²) >= 11 is 0. The third-order valence-electron chi connectivity index (χ3n) is 4.23. The molecule has 1 aromatic heterocycles. The van der Waals surface area contributed by atoms with E-state index in [0.717, 1.165) is 5.39 Å². The Kier molecular flexibility index (Phi) is 4.58. The average Bonchev–Trinajstić information content (AvgIpc) is 2.60. The maximum atomic E-state index is 12.7. The summed E-state index contributed by atoms with van der Waals surface area (Å²) in [6, 6.07) is 12.2. The maximum absolute atomic E-state index is 12.7. The van der Waals surface area contributed by atoms with Gasteiger partial charge in [0.1, 0.15) is 0 Å². The first-order valence-electron chi connectivity index (χ1n) is 8.15. The van der Waals surface area contributed by atoms with Crippen LogP contribution in [0.5, 0.6) is 0 Å². The molecule has 0 aliphatic heterocycles. The second-order valence-corrected chi connectivity index (χ2v) is 6.15. The minimum atomic E-state index is -0.304. The summed E-state index contributed by atoms with van der Waals surface area (Å²) in [5, 5.41) is 6.88. The van der Waals surface area contributed by atoms with Crippen LogP contribution in [-0.4, -0.2) is 16.4 Å². The molecule has 26 heavy (non-hydrogen) atoms. The number of hydrogen-bond acceptors (Lipinski definition) is 3. The number of nitrogens with zero attached hydrogens (tertiary/aromatic N) is 1. The lowest BCUT2D eigenvalue weighted by molar-refractivity contribution is -0.114. The Morgan fingerprint density at radius 2 is 1.81 bits per heavy atom. The zero-order valence-electron chi connectivity index (χ0n) is 14.8. The van der Waals surface area contributed by atoms with Crippen molar-refractivity contribution < 1.29 is 9.59 Å². The minimum Gasteiger partial charge on any atom is -0.326 e. The van der Waals surface area contributed by atoms with Gasteiger partial charge in [-0.2, -0.15) is 0 Å². The summed E-state index contributed by atoms with van der Waals surface area (Å²) in [5.74, 6) is -0.502. The Hall–Kier alpha value is -3.41. The molecule has 132 valence electrons. The van der Waals surface area contributed by atoms with Crippen LogP contribution in [-0.2, 0) is 11.8 Å². The summed E-state index contributed by atoms with van der Waals surface area (Å²) in [7, 11) is 1.68. The molecular weight excluding hydrogens is 330 g/mol. The van der Waals surface area contributed by atoms with Gasteiger partial charge in [-0.3, -0.25) is 14.4 Å². The van der Waals surface area contributed by atoms with Gasteiger partial charge in [-0.1, -0.05) is 12.1 Å². The number of pyridine rings is 1. The number of nitrogens with one attached hydrogen (secondary N) is 2. The molecule has 0 aliphatic rings. The number of benzene rings is 2. The predicted molar refractivity (Wildman–Crippen MR) is 103 cm³/mol. The largest absolute Gasteiger partial charge is 0.326 e. The van der Waals surface area contributed by atoms with Crippen molar-refractivity contribution in [2.45, 2.75) is 13.8 Å². The van der Waals surface area contributed by atoms with E-state index in [1.165, 1.54) is 11.5 Å². The van der Waals surface area contributed by atoms with Gasteiger partial charge in [-0.15, -0.1) is 0 Å². The van der Waals surface area contributed by atoms with Crippen molar-refractivity contribution in [3.8, 4) is 0 Å². The highest BCUT2D eigenvalue weighted by molar-refractivity contribution is 6.07. The lowest BCUT2D eigenvalue weighted by Gasteiger charge is -2.12. The van der Waals surface area contributed by atoms with Crippen molar-refractivity contribution in [3.05, 3.63) is 70.1 Å². The van der Waals surface area contributed by atoms with Crippen molar-refractivity contribution in [1.29, 1.82) is 0 Å². The van der Waals surface area contributed by atoms with Crippen molar-refractivity contribution in [1.82, 2.24) is 4.57 Å². The van der Waals surface area contributed by atoms with Crippen LogP contribution in [0.4, 0.5) is 11.4 Å². The molecule has 1 heterocycles. The maximum Gasteiger partial charge on any atom is 0.258 e. The number of aromatic nitrogens is 1. The van der Waals surface area contributed by atoms with E-state index in [0.29, 0.717) is 27.9 Å². The molecule has 3 aromatic rings. The number of carbonyl (C=O) groups is 2. The van der Waals surface area contributed by atoms with E-state index in [1.807, 2.05) is 6.07 Å². The van der Waals surface area contributed by atoms with Crippen molar-refractivity contribution >= 4 is 34.0 Å². The normalized spacial score (nSPS) is 10.6. The van der Waals surface area contributed by atoms with Gasteiger partial charge in [0.2, 0.25) is 5.91 Å². The monoisotopic (exact) mass is 349 g/mol. The standard InChI is InChI=1S/C20H19N3O3/c1-12-16(5-4-6-18(12)21-13(2)24)19(25)22-15-8-7-14-9-10-23(3)20(26)17(14)11-15/h4-11H,1-3H3,(H,21,24)(H,22,25). The van der Waals surface area contributed by atoms with E-state index >= 15 is 0 Å². The lowest BCUT2D eigenvalue weighted by atomic mass is 10.1. The molecule has 0 atom stereocenters. The summed E-state index contributed by atoms with van der Waals surface area (Å²) in [6.45, 7) is 3.19. The highest BCUT2D eigenvalue weighted by Gasteiger charge is 2.13. The molecule has 6 nitrogen and oxygen atoms in total. The Balaban J connectivity index is 1.93. The second-order valence-electron chi connectivity index (χ2n) is 6.15. The number of amides is 2. The Morgan fingerprint density at radius 3 is 2.54 bits per heavy atom. The number of fused-ring (bicyclic) bond motifs is 1. The van der Waals surface area contributed by atoms with Crippen molar-refractivity contribution in [3.63, 3.8) is 0 Å². The Morgan fingerprint density at radius 1 is 1.04 bits per heavy atom. The number of carbonyl (C=O) groups excluding carboxylic acids is 2. The second kappa shape index (κ2) is 6.84. The third kappa shape index (κ3) is 3.35. The molecule has 2 amide bonds. The fraction of sp³-hybridized carbons (Fsp3) is 0.150. The number of anilines is 2. The van der Waals surface area contributed by atoms with Crippen LogP contribution in [0.2, 0.25) is 0 Å². The molecule has 0 radical (unpaired) electrons. The minimum absolute atomic E-state index is 0.123. The smallest absolute Gasteiger partial charge is 0.258 e. The molecule has 0 unspecified atom stereocenters. The predicted octanol–water partition coefficient (Wildman–Crippen LogP) is 3.06. The summed E-state index contributed by atoms with van der Waals surface area (Å²) in [5.41, 5.74) is 2.14. The molecule has 0 bridgehead atoms. The number of rotatable bonds is 3. The highest BCUT2D eigenvalue weighted by Crippen LogP contribution is 2.21. The molecule has 2 N–H and O–H groups in total. The van der Waals surface area contributed by atoms with Gasteiger partial charge in [0, 0.05) is 42.5 Å². The molecule has 0 fully saturated rings. The lowest BCUT2D eigenvalue weighted by Crippen LogP contribution is -2.17. The van der Waals surface area contributed by atoms with Crippen LogP contribution in [0.3, 0.4) is 0 Å². The van der Waals surface area contributed by atoms with Crippen LogP contribution in [0.1, 0.15) is 22.8 Å². The first kappa shape index (κ1) is 17.4. The van der Waals surface area contributed by atoms with Gasteiger partial charge >= 0.3 is 0 Å².